The predicted octanol–water partition coefficient (Wildman–Crippen LogP) is 5.65. The van der Waals surface area contributed by atoms with Gasteiger partial charge in [0.05, 0.1) is 0 Å². The summed E-state index contributed by atoms with van der Waals surface area (Å²) in [5.74, 6) is 0. The second-order valence-corrected chi connectivity index (χ2v) is 7.23. The van der Waals surface area contributed by atoms with E-state index in [0.717, 1.165) is 12.8 Å². The third-order valence-electron chi connectivity index (χ3n) is 4.17. The average Bonchev–Trinajstić information content (AvgIpc) is 2.50. The summed E-state index contributed by atoms with van der Waals surface area (Å²) < 4.78 is 20.7. The average molecular weight is 332 g/mol. The minimum absolute atomic E-state index is 0.189. The summed E-state index contributed by atoms with van der Waals surface area (Å²) in [4.78, 5) is 10.9. The Hall–Kier alpha value is -0.220. The summed E-state index contributed by atoms with van der Waals surface area (Å²) in [5, 5.41) is -0.644. The summed E-state index contributed by atoms with van der Waals surface area (Å²) in [7, 11) is 0. The van der Waals surface area contributed by atoms with E-state index in [9.17, 15) is 13.6 Å². The van der Waals surface area contributed by atoms with E-state index in [2.05, 4.69) is 6.92 Å². The van der Waals surface area contributed by atoms with Gasteiger partial charge >= 0.3 is 0 Å². The maximum absolute atomic E-state index is 10.9. The topological polar surface area (TPSA) is 57.2 Å². The zero-order valence-corrected chi connectivity index (χ0v) is 15.3. The molecule has 0 aliphatic rings. The maximum atomic E-state index is 10.9. The van der Waals surface area contributed by atoms with Crippen LogP contribution >= 0.6 is 0 Å². The number of unbranched alkanes of at least 4 members (excludes halogenated alkanes) is 14. The van der Waals surface area contributed by atoms with E-state index in [-0.39, 0.29) is 6.42 Å². The molecule has 0 rings (SSSR count). The van der Waals surface area contributed by atoms with Gasteiger partial charge < -0.3 is 4.55 Å². The molecule has 3 nitrogen and oxygen atoms in total. The highest BCUT2D eigenvalue weighted by molar-refractivity contribution is 7.95. The summed E-state index contributed by atoms with van der Waals surface area (Å²) in [6.45, 7) is 2.26. The molecule has 0 aliphatic heterocycles. The Bertz CT molecular complexity index is 280. The van der Waals surface area contributed by atoms with Crippen LogP contribution < -0.4 is 0 Å². The quantitative estimate of drug-likeness (QED) is 0.271. The van der Waals surface area contributed by atoms with Crippen LogP contribution in [0.15, 0.2) is 0 Å². The summed E-state index contributed by atoms with van der Waals surface area (Å²) in [5.41, 5.74) is 0. The molecule has 0 radical (unpaired) electrons. The smallest absolute Gasteiger partial charge is 0.205 e. The van der Waals surface area contributed by atoms with E-state index in [0.29, 0.717) is 6.42 Å². The van der Waals surface area contributed by atoms with Crippen molar-refractivity contribution < 1.29 is 13.6 Å². The Labute approximate surface area is 139 Å². The molecule has 0 fully saturated rings. The molecular weight excluding hydrogens is 296 g/mol. The second kappa shape index (κ2) is 17.1. The highest BCUT2D eigenvalue weighted by atomic mass is 32.2. The van der Waals surface area contributed by atoms with Crippen LogP contribution in [-0.2, 0) is 15.9 Å². The summed E-state index contributed by atoms with van der Waals surface area (Å²) >= 11 is -2.52. The van der Waals surface area contributed by atoms with E-state index < -0.39 is 16.2 Å². The molecule has 4 heteroatoms. The molecule has 22 heavy (non-hydrogen) atoms. The molecule has 1 unspecified atom stereocenters. The van der Waals surface area contributed by atoms with Gasteiger partial charge in [0, 0.05) is 17.5 Å². The second-order valence-electron chi connectivity index (χ2n) is 6.31. The van der Waals surface area contributed by atoms with Crippen LogP contribution in [0.1, 0.15) is 110 Å². The van der Waals surface area contributed by atoms with Crippen LogP contribution in [0.2, 0.25) is 0 Å². The predicted molar refractivity (Wildman–Crippen MR) is 93.5 cm³/mol. The number of rotatable bonds is 16. The minimum Gasteiger partial charge on any atom is -0.766 e. The van der Waals surface area contributed by atoms with Crippen molar-refractivity contribution in [2.45, 2.75) is 110 Å². The van der Waals surface area contributed by atoms with Crippen LogP contribution in [0.4, 0.5) is 0 Å². The van der Waals surface area contributed by atoms with Crippen molar-refractivity contribution in [1.82, 2.24) is 0 Å². The van der Waals surface area contributed by atoms with Crippen LogP contribution in [0.3, 0.4) is 0 Å². The monoisotopic (exact) mass is 331 g/mol. The standard InChI is InChI=1S/C18H36O3S/c1-2-3-4-5-6-7-8-9-10-11-12-13-14-15-16-17-18(19)22(20)21/h2-17H2,1H3,(H,20,21)/p-1. The molecule has 0 N–H and O–H groups in total. The fourth-order valence-electron chi connectivity index (χ4n) is 2.72. The first-order chi connectivity index (χ1) is 10.7. The van der Waals surface area contributed by atoms with Gasteiger partial charge in [-0.25, -0.2) is 0 Å². The van der Waals surface area contributed by atoms with Gasteiger partial charge in [-0.05, 0) is 6.42 Å². The van der Waals surface area contributed by atoms with E-state index >= 15 is 0 Å². The molecule has 0 saturated heterocycles. The lowest BCUT2D eigenvalue weighted by atomic mass is 10.0. The molecule has 0 saturated carbocycles. The van der Waals surface area contributed by atoms with Gasteiger partial charge in [-0.3, -0.25) is 9.00 Å². The number of hydrogen-bond donors (Lipinski definition) is 0. The fraction of sp³-hybridized carbons (Fsp3) is 0.944. The van der Waals surface area contributed by atoms with E-state index in [4.69, 9.17) is 0 Å². The van der Waals surface area contributed by atoms with Gasteiger partial charge in [0.2, 0.25) is 5.12 Å². The van der Waals surface area contributed by atoms with Gasteiger partial charge in [0.1, 0.15) is 0 Å². The van der Waals surface area contributed by atoms with Crippen LogP contribution in [-0.4, -0.2) is 13.9 Å². The van der Waals surface area contributed by atoms with Crippen LogP contribution in [0.25, 0.3) is 0 Å². The lowest BCUT2D eigenvalue weighted by Crippen LogP contribution is -2.05. The molecule has 1 atom stereocenters. The minimum atomic E-state index is -2.52. The molecule has 0 heterocycles. The molecule has 0 aromatic heterocycles. The Balaban J connectivity index is 3.05. The molecule has 0 aliphatic carbocycles. The number of carbonyl (C=O) groups is 1. The zero-order valence-electron chi connectivity index (χ0n) is 14.4. The first-order valence-electron chi connectivity index (χ1n) is 9.30. The van der Waals surface area contributed by atoms with Gasteiger partial charge in [0.25, 0.3) is 0 Å². The molecule has 0 aromatic carbocycles. The van der Waals surface area contributed by atoms with Crippen LogP contribution in [0, 0.1) is 0 Å². The van der Waals surface area contributed by atoms with Crippen molar-refractivity contribution >= 4 is 16.2 Å². The Morgan fingerprint density at radius 1 is 0.682 bits per heavy atom. The molecule has 132 valence electrons. The van der Waals surface area contributed by atoms with Gasteiger partial charge in [-0.2, -0.15) is 0 Å². The lowest BCUT2D eigenvalue weighted by molar-refractivity contribution is -0.112. The summed E-state index contributed by atoms with van der Waals surface area (Å²) in [6, 6.07) is 0. The SMILES string of the molecule is CCCCCCCCCCCCCCCCCC(=O)S(=O)[O-]. The number of carbonyl (C=O) groups excluding carboxylic acids is 1. The van der Waals surface area contributed by atoms with Crippen LogP contribution in [0.5, 0.6) is 0 Å². The van der Waals surface area contributed by atoms with Crippen molar-refractivity contribution in [2.24, 2.45) is 0 Å². The Morgan fingerprint density at radius 2 is 1.00 bits per heavy atom. The van der Waals surface area contributed by atoms with E-state index in [1.807, 2.05) is 0 Å². The van der Waals surface area contributed by atoms with Crippen molar-refractivity contribution in [3.8, 4) is 0 Å². The van der Waals surface area contributed by atoms with E-state index in [1.165, 1.54) is 77.0 Å². The zero-order chi connectivity index (χ0) is 16.5. The third kappa shape index (κ3) is 16.2. The first-order valence-corrected chi connectivity index (χ1v) is 10.4. The first kappa shape index (κ1) is 21.8. The Morgan fingerprint density at radius 3 is 1.32 bits per heavy atom. The van der Waals surface area contributed by atoms with Gasteiger partial charge in [-0.15, -0.1) is 0 Å². The fourth-order valence-corrected chi connectivity index (χ4v) is 3.03. The number of hydrogen-bond acceptors (Lipinski definition) is 3. The summed E-state index contributed by atoms with van der Waals surface area (Å²) in [6.07, 6.45) is 19.3. The highest BCUT2D eigenvalue weighted by Gasteiger charge is 2.00. The van der Waals surface area contributed by atoms with Crippen molar-refractivity contribution in [1.29, 1.82) is 0 Å². The molecule has 0 amide bonds. The normalized spacial score (nSPS) is 12.5. The highest BCUT2D eigenvalue weighted by Crippen LogP contribution is 2.13. The Kier molecular flexibility index (Phi) is 17.0. The lowest BCUT2D eigenvalue weighted by Gasteiger charge is -2.04. The van der Waals surface area contributed by atoms with Gasteiger partial charge in [0.15, 0.2) is 0 Å². The molecule has 0 bridgehead atoms. The van der Waals surface area contributed by atoms with Gasteiger partial charge in [-0.1, -0.05) is 96.8 Å². The molecular formula is C18H35O3S-. The van der Waals surface area contributed by atoms with Crippen molar-refractivity contribution in [3.05, 3.63) is 0 Å². The molecule has 0 aromatic rings. The molecule has 0 spiro atoms. The van der Waals surface area contributed by atoms with Crippen molar-refractivity contribution in [2.75, 3.05) is 0 Å². The maximum Gasteiger partial charge on any atom is 0.205 e. The third-order valence-corrected chi connectivity index (χ3v) is 4.75. The largest absolute Gasteiger partial charge is 0.766 e. The van der Waals surface area contributed by atoms with E-state index in [1.54, 1.807) is 0 Å². The van der Waals surface area contributed by atoms with Crippen molar-refractivity contribution in [3.63, 3.8) is 0 Å².